The van der Waals surface area contributed by atoms with E-state index >= 15 is 0 Å². The summed E-state index contributed by atoms with van der Waals surface area (Å²) in [4.78, 5) is 8.34. The van der Waals surface area contributed by atoms with Gasteiger partial charge in [-0.15, -0.1) is 0 Å². The molecule has 23 heavy (non-hydrogen) atoms. The van der Waals surface area contributed by atoms with Crippen molar-refractivity contribution in [2.45, 2.75) is 0 Å². The Bertz CT molecular complexity index is 842. The number of nitrogens with one attached hydrogen (secondary N) is 2. The van der Waals surface area contributed by atoms with Crippen molar-refractivity contribution in [1.29, 1.82) is 0 Å². The van der Waals surface area contributed by atoms with Gasteiger partial charge in [0.2, 0.25) is 5.95 Å². The second-order valence-corrected chi connectivity index (χ2v) is 5.46. The highest BCUT2D eigenvalue weighted by molar-refractivity contribution is 6.35. The Morgan fingerprint density at radius 2 is 1.74 bits per heavy atom. The minimum Gasteiger partial charge on any atom is -0.339 e. The normalized spacial score (nSPS) is 10.4. The fourth-order valence-corrected chi connectivity index (χ4v) is 2.24. The van der Waals surface area contributed by atoms with Crippen LogP contribution < -0.4 is 10.6 Å². The molecular weight excluding hydrogens is 338 g/mol. The van der Waals surface area contributed by atoms with E-state index < -0.39 is 0 Å². The highest BCUT2D eigenvalue weighted by Crippen LogP contribution is 2.28. The lowest BCUT2D eigenvalue weighted by Crippen LogP contribution is -2.01. The fraction of sp³-hybridized carbons (Fsp3) is 0. The van der Waals surface area contributed by atoms with E-state index in [4.69, 9.17) is 23.2 Å². The minimum atomic E-state index is -0.382. The van der Waals surface area contributed by atoms with Crippen molar-refractivity contribution in [1.82, 2.24) is 9.97 Å². The summed E-state index contributed by atoms with van der Waals surface area (Å²) in [6, 6.07) is 13.0. The quantitative estimate of drug-likeness (QED) is 0.661. The van der Waals surface area contributed by atoms with Crippen molar-refractivity contribution in [3.63, 3.8) is 0 Å². The molecule has 116 valence electrons. The molecule has 0 aliphatic heterocycles. The monoisotopic (exact) mass is 348 g/mol. The van der Waals surface area contributed by atoms with Gasteiger partial charge in [-0.05, 0) is 36.4 Å². The van der Waals surface area contributed by atoms with Crippen LogP contribution in [-0.2, 0) is 0 Å². The lowest BCUT2D eigenvalue weighted by molar-refractivity contribution is 0.631. The summed E-state index contributed by atoms with van der Waals surface area (Å²) < 4.78 is 13.7. The topological polar surface area (TPSA) is 49.8 Å². The van der Waals surface area contributed by atoms with Crippen LogP contribution in [0, 0.1) is 5.82 Å². The first kappa shape index (κ1) is 15.5. The van der Waals surface area contributed by atoms with Gasteiger partial charge in [-0.25, -0.2) is 9.37 Å². The SMILES string of the molecule is Fc1ccccc1Nc1nccc(Nc2cc(Cl)ccc2Cl)n1. The molecule has 3 rings (SSSR count). The zero-order valence-corrected chi connectivity index (χ0v) is 13.2. The number of para-hydroxylation sites is 1. The standard InChI is InChI=1S/C16H11Cl2FN4/c17-10-5-6-11(18)14(9-10)21-15-7-8-20-16(23-15)22-13-4-2-1-3-12(13)19/h1-9H,(H2,20,21,22,23). The van der Waals surface area contributed by atoms with Crippen LogP contribution in [0.5, 0.6) is 0 Å². The van der Waals surface area contributed by atoms with Crippen molar-refractivity contribution in [2.75, 3.05) is 10.6 Å². The molecule has 4 nitrogen and oxygen atoms in total. The molecule has 7 heteroatoms. The van der Waals surface area contributed by atoms with E-state index in [0.717, 1.165) is 0 Å². The molecule has 0 amide bonds. The molecular formula is C16H11Cl2FN4. The van der Waals surface area contributed by atoms with Gasteiger partial charge in [-0.2, -0.15) is 4.98 Å². The molecule has 2 N–H and O–H groups in total. The maximum absolute atomic E-state index is 13.7. The van der Waals surface area contributed by atoms with Gasteiger partial charge in [0.15, 0.2) is 0 Å². The summed E-state index contributed by atoms with van der Waals surface area (Å²) in [6.45, 7) is 0. The number of hydrogen-bond acceptors (Lipinski definition) is 4. The summed E-state index contributed by atoms with van der Waals surface area (Å²) >= 11 is 12.1. The molecule has 1 aromatic heterocycles. The third kappa shape index (κ3) is 3.88. The molecule has 0 bridgehead atoms. The summed E-state index contributed by atoms with van der Waals surface area (Å²) in [7, 11) is 0. The molecule has 0 spiro atoms. The largest absolute Gasteiger partial charge is 0.339 e. The van der Waals surface area contributed by atoms with E-state index in [1.807, 2.05) is 0 Å². The maximum Gasteiger partial charge on any atom is 0.229 e. The van der Waals surface area contributed by atoms with E-state index in [1.165, 1.54) is 6.07 Å². The summed E-state index contributed by atoms with van der Waals surface area (Å²) in [5.74, 6) is 0.383. The lowest BCUT2D eigenvalue weighted by Gasteiger charge is -2.10. The Morgan fingerprint density at radius 1 is 0.913 bits per heavy atom. The first-order valence-electron chi connectivity index (χ1n) is 6.68. The van der Waals surface area contributed by atoms with Gasteiger partial charge in [0.1, 0.15) is 11.6 Å². The Balaban J connectivity index is 1.83. The molecule has 0 unspecified atom stereocenters. The third-order valence-corrected chi connectivity index (χ3v) is 3.53. The predicted octanol–water partition coefficient (Wildman–Crippen LogP) is 5.41. The fourth-order valence-electron chi connectivity index (χ4n) is 1.90. The van der Waals surface area contributed by atoms with Crippen LogP contribution in [-0.4, -0.2) is 9.97 Å². The lowest BCUT2D eigenvalue weighted by atomic mass is 10.3. The van der Waals surface area contributed by atoms with Crippen LogP contribution in [0.15, 0.2) is 54.7 Å². The highest BCUT2D eigenvalue weighted by Gasteiger charge is 2.06. The Hall–Kier alpha value is -2.37. The average molecular weight is 349 g/mol. The van der Waals surface area contributed by atoms with Gasteiger partial charge in [-0.1, -0.05) is 35.3 Å². The van der Waals surface area contributed by atoms with Crippen LogP contribution >= 0.6 is 23.2 Å². The summed E-state index contributed by atoms with van der Waals surface area (Å²) in [5.41, 5.74) is 0.917. The van der Waals surface area contributed by atoms with E-state index in [1.54, 1.807) is 48.7 Å². The van der Waals surface area contributed by atoms with E-state index in [2.05, 4.69) is 20.6 Å². The number of aromatic nitrogens is 2. The van der Waals surface area contributed by atoms with Crippen molar-refractivity contribution >= 4 is 46.3 Å². The van der Waals surface area contributed by atoms with Gasteiger partial charge in [0.05, 0.1) is 16.4 Å². The first-order chi connectivity index (χ1) is 11.1. The van der Waals surface area contributed by atoms with Gasteiger partial charge >= 0.3 is 0 Å². The van der Waals surface area contributed by atoms with Crippen molar-refractivity contribution in [2.24, 2.45) is 0 Å². The number of anilines is 4. The summed E-state index contributed by atoms with van der Waals surface area (Å²) in [6.07, 6.45) is 1.55. The highest BCUT2D eigenvalue weighted by atomic mass is 35.5. The Labute approximate surface area is 142 Å². The molecule has 0 aliphatic carbocycles. The minimum absolute atomic E-state index is 0.262. The molecule has 0 radical (unpaired) electrons. The molecule has 0 saturated heterocycles. The van der Waals surface area contributed by atoms with Crippen LogP contribution in [0.25, 0.3) is 0 Å². The number of rotatable bonds is 4. The van der Waals surface area contributed by atoms with Crippen LogP contribution in [0.4, 0.5) is 27.5 Å². The predicted molar refractivity (Wildman–Crippen MR) is 91.5 cm³/mol. The van der Waals surface area contributed by atoms with Crippen LogP contribution in [0.2, 0.25) is 10.0 Å². The van der Waals surface area contributed by atoms with Crippen LogP contribution in [0.3, 0.4) is 0 Å². The van der Waals surface area contributed by atoms with Gasteiger partial charge in [0.25, 0.3) is 0 Å². The molecule has 3 aromatic rings. The second kappa shape index (κ2) is 6.81. The van der Waals surface area contributed by atoms with Crippen molar-refractivity contribution in [3.8, 4) is 0 Å². The van der Waals surface area contributed by atoms with Crippen molar-refractivity contribution < 1.29 is 4.39 Å². The zero-order chi connectivity index (χ0) is 16.2. The average Bonchev–Trinajstić information content (AvgIpc) is 2.54. The Kier molecular flexibility index (Phi) is 4.60. The molecule has 2 aromatic carbocycles. The van der Waals surface area contributed by atoms with Crippen LogP contribution in [0.1, 0.15) is 0 Å². The van der Waals surface area contributed by atoms with Crippen molar-refractivity contribution in [3.05, 3.63) is 70.6 Å². The third-order valence-electron chi connectivity index (χ3n) is 2.97. The number of hydrogen-bond donors (Lipinski definition) is 2. The second-order valence-electron chi connectivity index (χ2n) is 4.62. The van der Waals surface area contributed by atoms with E-state index in [9.17, 15) is 4.39 Å². The van der Waals surface area contributed by atoms with E-state index in [-0.39, 0.29) is 11.8 Å². The molecule has 0 saturated carbocycles. The molecule has 0 aliphatic rings. The number of benzene rings is 2. The van der Waals surface area contributed by atoms with Gasteiger partial charge in [0, 0.05) is 11.2 Å². The molecule has 0 fully saturated rings. The molecule has 0 atom stereocenters. The van der Waals surface area contributed by atoms with E-state index in [0.29, 0.717) is 27.2 Å². The number of nitrogens with zero attached hydrogens (tertiary/aromatic N) is 2. The van der Waals surface area contributed by atoms with Gasteiger partial charge < -0.3 is 10.6 Å². The first-order valence-corrected chi connectivity index (χ1v) is 7.44. The molecule has 1 heterocycles. The summed E-state index contributed by atoms with van der Waals surface area (Å²) in [5, 5.41) is 6.94. The Morgan fingerprint density at radius 3 is 2.57 bits per heavy atom. The zero-order valence-electron chi connectivity index (χ0n) is 11.7. The smallest absolute Gasteiger partial charge is 0.229 e. The maximum atomic E-state index is 13.7. The number of halogens is 3. The van der Waals surface area contributed by atoms with Gasteiger partial charge in [-0.3, -0.25) is 0 Å².